The van der Waals surface area contributed by atoms with Crippen molar-refractivity contribution < 1.29 is 19.2 Å². The van der Waals surface area contributed by atoms with Crippen molar-refractivity contribution in [3.8, 4) is 0 Å². The summed E-state index contributed by atoms with van der Waals surface area (Å²) in [6.45, 7) is 9.25. The summed E-state index contributed by atoms with van der Waals surface area (Å²) in [7, 11) is 0. The van der Waals surface area contributed by atoms with Crippen LogP contribution in [0.2, 0.25) is 0 Å². The Morgan fingerprint density at radius 3 is 2.44 bits per heavy atom. The second-order valence-electron chi connectivity index (χ2n) is 13.5. The quantitative estimate of drug-likeness (QED) is 0.384. The monoisotopic (exact) mass is 567 g/mol. The van der Waals surface area contributed by atoms with Crippen molar-refractivity contribution in [1.29, 1.82) is 0 Å². The molecule has 3 aliphatic rings. The van der Waals surface area contributed by atoms with Gasteiger partial charge in [-0.25, -0.2) is 4.98 Å². The summed E-state index contributed by atoms with van der Waals surface area (Å²) in [5, 5.41) is 6.06. The standard InChI is InChI=1S/C32H49N5O4/c1-5-6-15-35-30(40)28-23-14-10-13-22(23)20-37(28)31(41)24(32(2,3)4)18-26(38)27(21-11-8-7-9-12-21)36-29(39)25-19-33-16-17-34-25/h16-17,19,21-24,27-28H,5-15,18,20H2,1-4H3,(H,35,40)(H,36,39)/t22-,23-,24?,27-,28-/m0/s1. The molecule has 0 bridgehead atoms. The third-order valence-electron chi connectivity index (χ3n) is 9.57. The van der Waals surface area contributed by atoms with Gasteiger partial charge < -0.3 is 15.5 Å². The molecule has 2 N–H and O–H groups in total. The van der Waals surface area contributed by atoms with E-state index in [4.69, 9.17) is 0 Å². The summed E-state index contributed by atoms with van der Waals surface area (Å²) >= 11 is 0. The molecule has 9 heteroatoms. The van der Waals surface area contributed by atoms with E-state index in [9.17, 15) is 19.2 Å². The van der Waals surface area contributed by atoms with Crippen molar-refractivity contribution in [2.75, 3.05) is 13.1 Å². The summed E-state index contributed by atoms with van der Waals surface area (Å²) in [4.78, 5) is 64.8. The molecule has 226 valence electrons. The zero-order valence-electron chi connectivity index (χ0n) is 25.4. The molecular formula is C32H49N5O4. The molecule has 0 aromatic carbocycles. The van der Waals surface area contributed by atoms with Gasteiger partial charge >= 0.3 is 0 Å². The van der Waals surface area contributed by atoms with Crippen molar-refractivity contribution in [2.45, 2.75) is 110 Å². The Labute approximate surface area is 245 Å². The van der Waals surface area contributed by atoms with Crippen LogP contribution in [0.25, 0.3) is 0 Å². The lowest BCUT2D eigenvalue weighted by Gasteiger charge is -2.37. The van der Waals surface area contributed by atoms with Gasteiger partial charge in [-0.2, -0.15) is 0 Å². The molecule has 1 aromatic rings. The highest BCUT2D eigenvalue weighted by molar-refractivity contribution is 5.98. The van der Waals surface area contributed by atoms with E-state index in [1.165, 1.54) is 18.6 Å². The van der Waals surface area contributed by atoms with Gasteiger partial charge in [0.2, 0.25) is 11.8 Å². The molecule has 0 spiro atoms. The second kappa shape index (κ2) is 13.9. The summed E-state index contributed by atoms with van der Waals surface area (Å²) in [5.74, 6) is -0.774. The number of nitrogens with zero attached hydrogens (tertiary/aromatic N) is 3. The van der Waals surface area contributed by atoms with E-state index in [1.807, 2.05) is 20.8 Å². The van der Waals surface area contributed by atoms with Gasteiger partial charge in [-0.15, -0.1) is 0 Å². The average molecular weight is 568 g/mol. The van der Waals surface area contributed by atoms with Crippen LogP contribution in [0.5, 0.6) is 0 Å². The Morgan fingerprint density at radius 2 is 1.78 bits per heavy atom. The smallest absolute Gasteiger partial charge is 0.272 e. The molecule has 2 aliphatic carbocycles. The van der Waals surface area contributed by atoms with E-state index in [-0.39, 0.29) is 41.5 Å². The molecule has 1 aliphatic heterocycles. The zero-order valence-corrected chi connectivity index (χ0v) is 25.4. The molecule has 0 radical (unpaired) electrons. The van der Waals surface area contributed by atoms with Gasteiger partial charge in [-0.3, -0.25) is 24.2 Å². The maximum Gasteiger partial charge on any atom is 0.272 e. The summed E-state index contributed by atoms with van der Waals surface area (Å²) in [5.41, 5.74) is -0.329. The molecule has 1 unspecified atom stereocenters. The van der Waals surface area contributed by atoms with Crippen LogP contribution >= 0.6 is 0 Å². The predicted molar refractivity (Wildman–Crippen MR) is 157 cm³/mol. The van der Waals surface area contributed by atoms with Crippen molar-refractivity contribution in [3.63, 3.8) is 0 Å². The van der Waals surface area contributed by atoms with Crippen LogP contribution in [0, 0.1) is 29.1 Å². The predicted octanol–water partition coefficient (Wildman–Crippen LogP) is 4.32. The van der Waals surface area contributed by atoms with E-state index in [0.717, 1.165) is 64.2 Å². The third-order valence-corrected chi connectivity index (χ3v) is 9.57. The van der Waals surface area contributed by atoms with Gasteiger partial charge in [-0.05, 0) is 55.3 Å². The second-order valence-corrected chi connectivity index (χ2v) is 13.5. The van der Waals surface area contributed by atoms with Gasteiger partial charge in [0.25, 0.3) is 5.91 Å². The van der Waals surface area contributed by atoms with Crippen LogP contribution in [-0.2, 0) is 14.4 Å². The fourth-order valence-electron chi connectivity index (χ4n) is 7.21. The first-order chi connectivity index (χ1) is 19.6. The van der Waals surface area contributed by atoms with E-state index < -0.39 is 29.3 Å². The highest BCUT2D eigenvalue weighted by atomic mass is 16.2. The zero-order chi connectivity index (χ0) is 29.6. The average Bonchev–Trinajstić information content (AvgIpc) is 3.56. The van der Waals surface area contributed by atoms with E-state index in [1.54, 1.807) is 4.90 Å². The van der Waals surface area contributed by atoms with E-state index in [2.05, 4.69) is 27.5 Å². The number of aromatic nitrogens is 2. The molecule has 5 atom stereocenters. The van der Waals surface area contributed by atoms with Crippen LogP contribution in [0.1, 0.15) is 109 Å². The number of hydrogen-bond acceptors (Lipinski definition) is 6. The van der Waals surface area contributed by atoms with Crippen LogP contribution in [0.15, 0.2) is 18.6 Å². The number of rotatable bonds is 11. The Bertz CT molecular complexity index is 1070. The van der Waals surface area contributed by atoms with Crippen LogP contribution in [-0.4, -0.2) is 63.5 Å². The first-order valence-electron chi connectivity index (χ1n) is 15.8. The Balaban J connectivity index is 1.55. The van der Waals surface area contributed by atoms with Gasteiger partial charge in [0.1, 0.15) is 11.7 Å². The number of hydrogen-bond donors (Lipinski definition) is 2. The van der Waals surface area contributed by atoms with Crippen LogP contribution in [0.3, 0.4) is 0 Å². The lowest BCUT2D eigenvalue weighted by molar-refractivity contribution is -0.147. The summed E-state index contributed by atoms with van der Waals surface area (Å²) in [6, 6.07) is -1.16. The summed E-state index contributed by atoms with van der Waals surface area (Å²) in [6.07, 6.45) is 14.2. The maximum atomic E-state index is 14.3. The number of carbonyl (C=O) groups is 4. The number of ketones is 1. The maximum absolute atomic E-state index is 14.3. The fraction of sp³-hybridized carbons (Fsp3) is 0.750. The number of unbranched alkanes of at least 4 members (excludes halogenated alkanes) is 1. The number of nitrogens with one attached hydrogen (secondary N) is 2. The normalized spacial score (nSPS) is 24.4. The minimum atomic E-state index is -0.687. The third kappa shape index (κ3) is 7.52. The van der Waals surface area contributed by atoms with Crippen molar-refractivity contribution in [2.24, 2.45) is 29.1 Å². The minimum Gasteiger partial charge on any atom is -0.354 e. The molecule has 2 saturated carbocycles. The number of carbonyl (C=O) groups excluding carboxylic acids is 4. The number of Topliss-reactive ketones (excluding diaryl/α,β-unsaturated/α-hetero) is 1. The number of amides is 3. The lowest BCUT2D eigenvalue weighted by atomic mass is 9.74. The largest absolute Gasteiger partial charge is 0.354 e. The Hall–Kier alpha value is -2.84. The van der Waals surface area contributed by atoms with Gasteiger partial charge in [0.05, 0.1) is 12.2 Å². The molecule has 3 fully saturated rings. The minimum absolute atomic E-state index is 0.0239. The highest BCUT2D eigenvalue weighted by Gasteiger charge is 2.51. The Kier molecular flexibility index (Phi) is 10.5. The first kappa shape index (κ1) is 31.1. The van der Waals surface area contributed by atoms with Crippen molar-refractivity contribution >= 4 is 23.5 Å². The number of fused-ring (bicyclic) bond motifs is 1. The van der Waals surface area contributed by atoms with Gasteiger partial charge in [-0.1, -0.05) is 59.8 Å². The van der Waals surface area contributed by atoms with Crippen molar-refractivity contribution in [1.82, 2.24) is 25.5 Å². The summed E-state index contributed by atoms with van der Waals surface area (Å²) < 4.78 is 0. The molecule has 9 nitrogen and oxygen atoms in total. The van der Waals surface area contributed by atoms with Crippen LogP contribution in [0.4, 0.5) is 0 Å². The van der Waals surface area contributed by atoms with Gasteiger partial charge in [0, 0.05) is 37.8 Å². The first-order valence-corrected chi connectivity index (χ1v) is 15.8. The lowest BCUT2D eigenvalue weighted by Crippen LogP contribution is -2.53. The Morgan fingerprint density at radius 1 is 1.02 bits per heavy atom. The van der Waals surface area contributed by atoms with E-state index >= 15 is 0 Å². The van der Waals surface area contributed by atoms with E-state index in [0.29, 0.717) is 19.0 Å². The molecule has 2 heterocycles. The number of likely N-dealkylation sites (tertiary alicyclic amines) is 1. The fourth-order valence-corrected chi connectivity index (χ4v) is 7.21. The molecule has 3 amide bonds. The van der Waals surface area contributed by atoms with Gasteiger partial charge in [0.15, 0.2) is 5.78 Å². The van der Waals surface area contributed by atoms with Crippen molar-refractivity contribution in [3.05, 3.63) is 24.3 Å². The SMILES string of the molecule is CCCCNC(=O)[C@@H]1[C@H]2CCC[C@H]2CN1C(=O)C(CC(=O)[C@@H](NC(=O)c1cnccn1)C1CCCCC1)C(C)(C)C. The van der Waals surface area contributed by atoms with Crippen LogP contribution < -0.4 is 10.6 Å². The topological polar surface area (TPSA) is 121 Å². The molecule has 41 heavy (non-hydrogen) atoms. The molecule has 4 rings (SSSR count). The molecular weight excluding hydrogens is 518 g/mol. The molecule has 1 saturated heterocycles. The molecule has 1 aromatic heterocycles. The highest BCUT2D eigenvalue weighted by Crippen LogP contribution is 2.44.